The SMILES string of the molecule is C[C@H](CCCCO[Si](C)(C)C(C)(C)C)CO[C@@H]1O[C@@H](C)C(=O)[C@H]2O[C@@H]12. The highest BCUT2D eigenvalue weighted by atomic mass is 28.4. The molecule has 0 unspecified atom stereocenters. The Morgan fingerprint density at radius 3 is 2.52 bits per heavy atom. The zero-order chi connectivity index (χ0) is 18.8. The third-order valence-corrected chi connectivity index (χ3v) is 10.3. The monoisotopic (exact) mass is 372 g/mol. The lowest BCUT2D eigenvalue weighted by atomic mass is 10.1. The zero-order valence-corrected chi connectivity index (χ0v) is 18.0. The number of hydrogen-bond donors (Lipinski definition) is 0. The topological polar surface area (TPSA) is 57.3 Å². The molecule has 6 heteroatoms. The average molecular weight is 373 g/mol. The molecule has 0 N–H and O–H groups in total. The van der Waals surface area contributed by atoms with Gasteiger partial charge in [0.15, 0.2) is 26.5 Å². The van der Waals surface area contributed by atoms with Crippen molar-refractivity contribution in [1.29, 1.82) is 0 Å². The van der Waals surface area contributed by atoms with Gasteiger partial charge < -0.3 is 18.6 Å². The molecule has 0 radical (unpaired) electrons. The van der Waals surface area contributed by atoms with Crippen LogP contribution in [0, 0.1) is 5.92 Å². The molecule has 2 saturated heterocycles. The molecule has 2 aliphatic heterocycles. The fourth-order valence-corrected chi connectivity index (χ4v) is 3.84. The van der Waals surface area contributed by atoms with E-state index in [1.807, 2.05) is 0 Å². The van der Waals surface area contributed by atoms with Crippen LogP contribution in [0.2, 0.25) is 18.1 Å². The Balaban J connectivity index is 1.56. The summed E-state index contributed by atoms with van der Waals surface area (Å²) in [4.78, 5) is 11.7. The van der Waals surface area contributed by atoms with Gasteiger partial charge in [-0.25, -0.2) is 0 Å². The average Bonchev–Trinajstić information content (AvgIpc) is 3.29. The minimum atomic E-state index is -1.62. The molecule has 2 aliphatic rings. The van der Waals surface area contributed by atoms with Gasteiger partial charge in [0.25, 0.3) is 0 Å². The summed E-state index contributed by atoms with van der Waals surface area (Å²) in [5, 5.41) is 0.273. The quantitative estimate of drug-likeness (QED) is 0.349. The Bertz CT molecular complexity index is 455. The van der Waals surface area contributed by atoms with Crippen molar-refractivity contribution < 1.29 is 23.4 Å². The Morgan fingerprint density at radius 2 is 1.88 bits per heavy atom. The predicted octanol–water partition coefficient (Wildman–Crippen LogP) is 3.91. The number of Topliss-reactive ketones (excluding diaryl/α,β-unsaturated/α-hetero) is 1. The summed E-state index contributed by atoms with van der Waals surface area (Å²) < 4.78 is 23.0. The minimum Gasteiger partial charge on any atom is -0.417 e. The summed E-state index contributed by atoms with van der Waals surface area (Å²) in [5.74, 6) is 0.501. The van der Waals surface area contributed by atoms with Gasteiger partial charge in [-0.15, -0.1) is 0 Å². The molecule has 146 valence electrons. The van der Waals surface area contributed by atoms with Crippen molar-refractivity contribution in [1.82, 2.24) is 0 Å². The van der Waals surface area contributed by atoms with Crippen molar-refractivity contribution in [3.63, 3.8) is 0 Å². The number of unbranched alkanes of at least 4 members (excludes halogenated alkanes) is 1. The maximum atomic E-state index is 11.7. The lowest BCUT2D eigenvalue weighted by Gasteiger charge is -2.36. The molecule has 0 saturated carbocycles. The molecule has 2 fully saturated rings. The number of carbonyl (C=O) groups is 1. The van der Waals surface area contributed by atoms with Gasteiger partial charge in [-0.2, -0.15) is 0 Å². The van der Waals surface area contributed by atoms with Crippen molar-refractivity contribution in [2.45, 2.75) is 96.6 Å². The summed E-state index contributed by atoms with van der Waals surface area (Å²) >= 11 is 0. The van der Waals surface area contributed by atoms with Gasteiger partial charge >= 0.3 is 0 Å². The molecule has 25 heavy (non-hydrogen) atoms. The standard InChI is InChI=1S/C19H36O5Si/c1-13(10-8-9-11-22-25(6,7)19(3,4)5)12-21-18-17-16(24-17)15(20)14(2)23-18/h13-14,16-18H,8-12H2,1-7H3/t13-,14+,16-,17-,18-/m1/s1. The lowest BCUT2D eigenvalue weighted by molar-refractivity contribution is -0.191. The van der Waals surface area contributed by atoms with Crippen LogP contribution in [0.1, 0.15) is 53.9 Å². The molecule has 0 spiro atoms. The maximum absolute atomic E-state index is 11.7. The van der Waals surface area contributed by atoms with E-state index in [0.717, 1.165) is 25.9 Å². The van der Waals surface area contributed by atoms with Gasteiger partial charge in [-0.3, -0.25) is 4.79 Å². The minimum absolute atomic E-state index is 0.0413. The summed E-state index contributed by atoms with van der Waals surface area (Å²) in [6.45, 7) is 16.9. The van der Waals surface area contributed by atoms with E-state index in [-0.39, 0.29) is 29.3 Å². The summed E-state index contributed by atoms with van der Waals surface area (Å²) in [5.41, 5.74) is 0. The first-order valence-electron chi connectivity index (χ1n) is 9.63. The van der Waals surface area contributed by atoms with Gasteiger partial charge in [0, 0.05) is 6.61 Å². The van der Waals surface area contributed by atoms with E-state index >= 15 is 0 Å². The third-order valence-electron chi connectivity index (χ3n) is 5.72. The van der Waals surface area contributed by atoms with E-state index < -0.39 is 14.4 Å². The molecule has 2 rings (SSSR count). The summed E-state index contributed by atoms with van der Waals surface area (Å²) in [6, 6.07) is 0. The second-order valence-electron chi connectivity index (χ2n) is 9.11. The van der Waals surface area contributed by atoms with Crippen LogP contribution in [0.5, 0.6) is 0 Å². The van der Waals surface area contributed by atoms with Gasteiger partial charge in [0.05, 0.1) is 6.61 Å². The van der Waals surface area contributed by atoms with E-state index in [9.17, 15) is 4.79 Å². The number of epoxide rings is 1. The molecule has 0 bridgehead atoms. The number of fused-ring (bicyclic) bond motifs is 1. The van der Waals surface area contributed by atoms with Crippen LogP contribution >= 0.6 is 0 Å². The molecule has 0 aromatic carbocycles. The second-order valence-corrected chi connectivity index (χ2v) is 13.9. The third kappa shape index (κ3) is 5.60. The molecular weight excluding hydrogens is 336 g/mol. The Labute approximate surface area is 153 Å². The first kappa shape index (κ1) is 21.0. The number of rotatable bonds is 9. The van der Waals surface area contributed by atoms with E-state index in [1.54, 1.807) is 6.92 Å². The Kier molecular flexibility index (Phi) is 6.87. The Hall–Kier alpha value is -0.273. The highest BCUT2D eigenvalue weighted by Gasteiger charge is 2.57. The van der Waals surface area contributed by atoms with Crippen molar-refractivity contribution in [2.24, 2.45) is 5.92 Å². The molecule has 5 atom stereocenters. The highest BCUT2D eigenvalue weighted by molar-refractivity contribution is 6.74. The van der Waals surface area contributed by atoms with E-state index in [4.69, 9.17) is 18.6 Å². The smallest absolute Gasteiger partial charge is 0.192 e. The fraction of sp³-hybridized carbons (Fsp3) is 0.947. The van der Waals surface area contributed by atoms with Crippen molar-refractivity contribution in [2.75, 3.05) is 13.2 Å². The van der Waals surface area contributed by atoms with Crippen LogP contribution in [-0.4, -0.2) is 51.9 Å². The summed E-state index contributed by atoms with van der Waals surface area (Å²) in [7, 11) is -1.62. The van der Waals surface area contributed by atoms with Crippen LogP contribution in [0.4, 0.5) is 0 Å². The molecular formula is C19H36O5Si. The van der Waals surface area contributed by atoms with E-state index in [1.165, 1.54) is 0 Å². The molecule has 2 heterocycles. The van der Waals surface area contributed by atoms with Crippen LogP contribution in [-0.2, 0) is 23.4 Å². The first-order chi connectivity index (χ1) is 11.5. The molecule has 0 aromatic rings. The van der Waals surface area contributed by atoms with Gasteiger partial charge in [-0.1, -0.05) is 34.1 Å². The van der Waals surface area contributed by atoms with Crippen LogP contribution in [0.15, 0.2) is 0 Å². The largest absolute Gasteiger partial charge is 0.417 e. The highest BCUT2D eigenvalue weighted by Crippen LogP contribution is 2.37. The first-order valence-corrected chi connectivity index (χ1v) is 12.5. The summed E-state index contributed by atoms with van der Waals surface area (Å²) in [6.07, 6.45) is 2.05. The van der Waals surface area contributed by atoms with Crippen LogP contribution < -0.4 is 0 Å². The zero-order valence-electron chi connectivity index (χ0n) is 17.0. The molecule has 0 amide bonds. The Morgan fingerprint density at radius 1 is 1.20 bits per heavy atom. The van der Waals surface area contributed by atoms with Crippen molar-refractivity contribution >= 4 is 14.1 Å². The second kappa shape index (κ2) is 8.17. The number of carbonyl (C=O) groups excluding carboxylic acids is 1. The van der Waals surface area contributed by atoms with Crippen molar-refractivity contribution in [3.05, 3.63) is 0 Å². The normalized spacial score (nSPS) is 30.9. The van der Waals surface area contributed by atoms with Crippen LogP contribution in [0.3, 0.4) is 0 Å². The molecule has 5 nitrogen and oxygen atoms in total. The van der Waals surface area contributed by atoms with Crippen LogP contribution in [0.25, 0.3) is 0 Å². The van der Waals surface area contributed by atoms with Gasteiger partial charge in [0.2, 0.25) is 0 Å². The van der Waals surface area contributed by atoms with E-state index in [2.05, 4.69) is 40.8 Å². The predicted molar refractivity (Wildman–Crippen MR) is 100 cm³/mol. The van der Waals surface area contributed by atoms with E-state index in [0.29, 0.717) is 12.5 Å². The maximum Gasteiger partial charge on any atom is 0.192 e. The van der Waals surface area contributed by atoms with Gasteiger partial charge in [0.1, 0.15) is 12.2 Å². The molecule has 0 aromatic heterocycles. The molecule has 0 aliphatic carbocycles. The number of ether oxygens (including phenoxy) is 3. The number of ketones is 1. The lowest BCUT2D eigenvalue weighted by Crippen LogP contribution is -2.42. The number of hydrogen-bond acceptors (Lipinski definition) is 5. The van der Waals surface area contributed by atoms with Crippen molar-refractivity contribution in [3.8, 4) is 0 Å². The fourth-order valence-electron chi connectivity index (χ4n) is 2.75. The van der Waals surface area contributed by atoms with Gasteiger partial charge in [-0.05, 0) is 43.8 Å².